The number of nitrogens with zero attached hydrogens (tertiary/aromatic N) is 3. The van der Waals surface area contributed by atoms with Gasteiger partial charge in [-0.1, -0.05) is 13.3 Å². The quantitative estimate of drug-likeness (QED) is 0.922. The molecule has 0 aliphatic carbocycles. The summed E-state index contributed by atoms with van der Waals surface area (Å²) in [6.07, 6.45) is 7.97. The van der Waals surface area contributed by atoms with Gasteiger partial charge in [0.25, 0.3) is 0 Å². The SMILES string of the molecule is CCCC(C)(C)NCc1cnc2cnc(Br)cn12. The molecule has 5 heteroatoms. The Morgan fingerprint density at radius 1 is 1.33 bits per heavy atom. The van der Waals surface area contributed by atoms with E-state index in [1.807, 2.05) is 12.4 Å². The number of hydrogen-bond acceptors (Lipinski definition) is 3. The highest BCUT2D eigenvalue weighted by Crippen LogP contribution is 2.14. The van der Waals surface area contributed by atoms with E-state index in [0.717, 1.165) is 28.9 Å². The van der Waals surface area contributed by atoms with Crippen molar-refractivity contribution < 1.29 is 0 Å². The molecule has 2 aromatic rings. The van der Waals surface area contributed by atoms with Crippen molar-refractivity contribution in [3.8, 4) is 0 Å². The maximum Gasteiger partial charge on any atom is 0.155 e. The topological polar surface area (TPSA) is 42.2 Å². The summed E-state index contributed by atoms with van der Waals surface area (Å²) in [5, 5.41) is 3.58. The molecule has 0 spiro atoms. The molecule has 0 amide bonds. The van der Waals surface area contributed by atoms with E-state index in [-0.39, 0.29) is 5.54 Å². The van der Waals surface area contributed by atoms with Crippen LogP contribution in [-0.2, 0) is 6.54 Å². The fraction of sp³-hybridized carbons (Fsp3) is 0.538. The third-order valence-corrected chi connectivity index (χ3v) is 3.47. The van der Waals surface area contributed by atoms with Gasteiger partial charge in [-0.25, -0.2) is 9.97 Å². The maximum atomic E-state index is 4.35. The monoisotopic (exact) mass is 310 g/mol. The Labute approximate surface area is 116 Å². The van der Waals surface area contributed by atoms with Gasteiger partial charge in [0, 0.05) is 18.3 Å². The molecular formula is C13H19BrN4. The average Bonchev–Trinajstić information content (AvgIpc) is 2.69. The van der Waals surface area contributed by atoms with Crippen molar-refractivity contribution in [3.63, 3.8) is 0 Å². The van der Waals surface area contributed by atoms with Crippen molar-refractivity contribution in [1.29, 1.82) is 0 Å². The van der Waals surface area contributed by atoms with Crippen molar-refractivity contribution >= 4 is 21.6 Å². The van der Waals surface area contributed by atoms with Crippen molar-refractivity contribution in [2.24, 2.45) is 0 Å². The summed E-state index contributed by atoms with van der Waals surface area (Å²) >= 11 is 3.39. The van der Waals surface area contributed by atoms with Gasteiger partial charge in [0.05, 0.1) is 18.1 Å². The zero-order chi connectivity index (χ0) is 13.2. The lowest BCUT2D eigenvalue weighted by Gasteiger charge is -2.25. The van der Waals surface area contributed by atoms with E-state index in [4.69, 9.17) is 0 Å². The Kier molecular flexibility index (Phi) is 4.02. The third-order valence-electron chi connectivity index (χ3n) is 3.06. The van der Waals surface area contributed by atoms with Crippen molar-refractivity contribution in [1.82, 2.24) is 19.7 Å². The highest BCUT2D eigenvalue weighted by atomic mass is 79.9. The highest BCUT2D eigenvalue weighted by Gasteiger charge is 2.16. The number of aromatic nitrogens is 3. The van der Waals surface area contributed by atoms with Crippen LogP contribution >= 0.6 is 15.9 Å². The number of rotatable bonds is 5. The normalized spacial score (nSPS) is 12.2. The molecular weight excluding hydrogens is 292 g/mol. The fourth-order valence-corrected chi connectivity index (χ4v) is 2.40. The lowest BCUT2D eigenvalue weighted by molar-refractivity contribution is 0.354. The molecule has 0 saturated carbocycles. The van der Waals surface area contributed by atoms with Gasteiger partial charge in [-0.05, 0) is 36.2 Å². The van der Waals surface area contributed by atoms with Crippen LogP contribution in [0, 0.1) is 0 Å². The molecule has 0 atom stereocenters. The zero-order valence-electron chi connectivity index (χ0n) is 11.1. The van der Waals surface area contributed by atoms with Crippen LogP contribution in [-0.4, -0.2) is 19.9 Å². The van der Waals surface area contributed by atoms with E-state index >= 15 is 0 Å². The highest BCUT2D eigenvalue weighted by molar-refractivity contribution is 9.10. The minimum atomic E-state index is 0.156. The van der Waals surface area contributed by atoms with Gasteiger partial charge in [0.2, 0.25) is 0 Å². The minimum Gasteiger partial charge on any atom is -0.306 e. The van der Waals surface area contributed by atoms with E-state index in [1.54, 1.807) is 6.20 Å². The molecule has 2 aromatic heterocycles. The molecule has 0 unspecified atom stereocenters. The van der Waals surface area contributed by atoms with Crippen LogP contribution in [0.5, 0.6) is 0 Å². The van der Waals surface area contributed by atoms with Gasteiger partial charge in [-0.2, -0.15) is 0 Å². The molecule has 18 heavy (non-hydrogen) atoms. The van der Waals surface area contributed by atoms with Crippen LogP contribution in [0.25, 0.3) is 5.65 Å². The predicted octanol–water partition coefficient (Wildman–Crippen LogP) is 3.16. The molecule has 2 heterocycles. The van der Waals surface area contributed by atoms with E-state index in [2.05, 4.69) is 56.4 Å². The smallest absolute Gasteiger partial charge is 0.155 e. The van der Waals surface area contributed by atoms with E-state index in [0.29, 0.717) is 0 Å². The standard InChI is InChI=1S/C13H19BrN4/c1-4-5-13(2,3)17-7-10-6-16-12-8-15-11(14)9-18(10)12/h6,8-9,17H,4-5,7H2,1-3H3. The second-order valence-electron chi connectivity index (χ2n) is 5.18. The van der Waals surface area contributed by atoms with Gasteiger partial charge in [-0.3, -0.25) is 4.40 Å². The summed E-state index contributed by atoms with van der Waals surface area (Å²) in [6.45, 7) is 7.49. The summed E-state index contributed by atoms with van der Waals surface area (Å²) in [5.41, 5.74) is 2.18. The van der Waals surface area contributed by atoms with Crippen molar-refractivity contribution in [2.45, 2.75) is 45.7 Å². The number of imidazole rings is 1. The zero-order valence-corrected chi connectivity index (χ0v) is 12.7. The summed E-state index contributed by atoms with van der Waals surface area (Å²) in [7, 11) is 0. The fourth-order valence-electron chi connectivity index (χ4n) is 2.09. The minimum absolute atomic E-state index is 0.156. The number of nitrogens with one attached hydrogen (secondary N) is 1. The van der Waals surface area contributed by atoms with Crippen LogP contribution in [0.4, 0.5) is 0 Å². The summed E-state index contributed by atoms with van der Waals surface area (Å²) in [6, 6.07) is 0. The van der Waals surface area contributed by atoms with Crippen molar-refractivity contribution in [2.75, 3.05) is 0 Å². The van der Waals surface area contributed by atoms with Gasteiger partial charge >= 0.3 is 0 Å². The molecule has 1 N–H and O–H groups in total. The van der Waals surface area contributed by atoms with Crippen LogP contribution in [0.1, 0.15) is 39.3 Å². The first kappa shape index (κ1) is 13.5. The molecule has 0 saturated heterocycles. The molecule has 0 fully saturated rings. The first-order valence-electron chi connectivity index (χ1n) is 6.24. The molecule has 0 aliphatic heterocycles. The maximum absolute atomic E-state index is 4.35. The molecule has 2 rings (SSSR count). The van der Waals surface area contributed by atoms with Gasteiger partial charge < -0.3 is 5.32 Å². The van der Waals surface area contributed by atoms with E-state index in [9.17, 15) is 0 Å². The number of halogens is 1. The number of hydrogen-bond donors (Lipinski definition) is 1. The average molecular weight is 311 g/mol. The molecule has 0 aliphatic rings. The van der Waals surface area contributed by atoms with Crippen LogP contribution in [0.15, 0.2) is 23.2 Å². The molecule has 0 aromatic carbocycles. The first-order chi connectivity index (χ1) is 8.52. The Bertz CT molecular complexity index is 533. The molecule has 98 valence electrons. The van der Waals surface area contributed by atoms with E-state index in [1.165, 1.54) is 6.42 Å². The Hall–Kier alpha value is -0.940. The van der Waals surface area contributed by atoms with Crippen LogP contribution in [0.2, 0.25) is 0 Å². The Morgan fingerprint density at radius 3 is 2.83 bits per heavy atom. The second kappa shape index (κ2) is 5.36. The van der Waals surface area contributed by atoms with E-state index < -0.39 is 0 Å². The molecule has 0 radical (unpaired) electrons. The predicted molar refractivity (Wildman–Crippen MR) is 76.5 cm³/mol. The largest absolute Gasteiger partial charge is 0.306 e. The van der Waals surface area contributed by atoms with Gasteiger partial charge in [-0.15, -0.1) is 0 Å². The van der Waals surface area contributed by atoms with Gasteiger partial charge in [0.15, 0.2) is 5.65 Å². The Morgan fingerprint density at radius 2 is 2.11 bits per heavy atom. The summed E-state index contributed by atoms with van der Waals surface area (Å²) < 4.78 is 2.88. The molecule has 0 bridgehead atoms. The van der Waals surface area contributed by atoms with Crippen LogP contribution in [0.3, 0.4) is 0 Å². The summed E-state index contributed by atoms with van der Waals surface area (Å²) in [5.74, 6) is 0. The third kappa shape index (κ3) is 3.09. The number of fused-ring (bicyclic) bond motifs is 1. The second-order valence-corrected chi connectivity index (χ2v) is 5.99. The lowest BCUT2D eigenvalue weighted by Crippen LogP contribution is -2.38. The lowest BCUT2D eigenvalue weighted by atomic mass is 9.99. The summed E-state index contributed by atoms with van der Waals surface area (Å²) in [4.78, 5) is 8.52. The van der Waals surface area contributed by atoms with Gasteiger partial charge in [0.1, 0.15) is 4.60 Å². The van der Waals surface area contributed by atoms with Crippen LogP contribution < -0.4 is 5.32 Å². The first-order valence-corrected chi connectivity index (χ1v) is 7.03. The molecule has 4 nitrogen and oxygen atoms in total. The van der Waals surface area contributed by atoms with Crippen molar-refractivity contribution in [3.05, 3.63) is 28.9 Å². The Balaban J connectivity index is 2.15.